The Morgan fingerprint density at radius 3 is 2.50 bits per heavy atom. The molecule has 2 aromatic rings. The highest BCUT2D eigenvalue weighted by Crippen LogP contribution is 2.33. The molecule has 1 N–H and O–H groups in total. The highest BCUT2D eigenvalue weighted by molar-refractivity contribution is 9.10. The Hall–Kier alpha value is -2.16. The monoisotopic (exact) mass is 532 g/mol. The van der Waals surface area contributed by atoms with Crippen molar-refractivity contribution < 1.29 is 14.3 Å². The van der Waals surface area contributed by atoms with Gasteiger partial charge in [-0.25, -0.2) is 0 Å². The first kappa shape index (κ1) is 24.5. The minimum absolute atomic E-state index is 0.0380. The molecular weight excluding hydrogens is 508 g/mol. The average molecular weight is 534 g/mol. The fourth-order valence-corrected chi connectivity index (χ4v) is 5.25. The van der Waals surface area contributed by atoms with E-state index in [-0.39, 0.29) is 18.4 Å². The number of anilines is 1. The number of carbonyl (C=O) groups is 2. The quantitative estimate of drug-likeness (QED) is 0.329. The Morgan fingerprint density at radius 1 is 1.22 bits per heavy atom. The smallest absolute Gasteiger partial charge is 0.266 e. The second kappa shape index (κ2) is 11.1. The number of benzene rings is 2. The van der Waals surface area contributed by atoms with Crippen LogP contribution in [0.2, 0.25) is 0 Å². The maximum Gasteiger partial charge on any atom is 0.266 e. The Labute approximate surface area is 206 Å². The van der Waals surface area contributed by atoms with Crippen LogP contribution in [0.5, 0.6) is 5.75 Å². The van der Waals surface area contributed by atoms with Crippen molar-refractivity contribution in [3.05, 3.63) is 62.5 Å². The van der Waals surface area contributed by atoms with E-state index in [0.29, 0.717) is 21.5 Å². The van der Waals surface area contributed by atoms with Gasteiger partial charge in [0, 0.05) is 16.7 Å². The molecule has 0 aromatic heterocycles. The van der Waals surface area contributed by atoms with E-state index in [1.807, 2.05) is 44.2 Å². The number of nitrogens with one attached hydrogen (secondary N) is 1. The van der Waals surface area contributed by atoms with E-state index in [4.69, 9.17) is 17.0 Å². The number of ether oxygens (including phenoxy) is 1. The predicted molar refractivity (Wildman–Crippen MR) is 139 cm³/mol. The van der Waals surface area contributed by atoms with E-state index in [1.165, 1.54) is 11.8 Å². The molecule has 0 aliphatic carbocycles. The van der Waals surface area contributed by atoms with Crippen LogP contribution in [0.3, 0.4) is 0 Å². The summed E-state index contributed by atoms with van der Waals surface area (Å²) in [5.74, 6) is 0.319. The number of amides is 2. The molecule has 5 nitrogen and oxygen atoms in total. The lowest BCUT2D eigenvalue weighted by Crippen LogP contribution is -2.28. The molecule has 3 rings (SSSR count). The van der Waals surface area contributed by atoms with Crippen LogP contribution >= 0.6 is 39.9 Å². The summed E-state index contributed by atoms with van der Waals surface area (Å²) < 4.78 is 7.21. The zero-order valence-corrected chi connectivity index (χ0v) is 21.5. The van der Waals surface area contributed by atoms with Crippen LogP contribution in [0.25, 0.3) is 6.08 Å². The summed E-state index contributed by atoms with van der Waals surface area (Å²) in [4.78, 5) is 27.2. The van der Waals surface area contributed by atoms with E-state index in [2.05, 4.69) is 28.2 Å². The fourth-order valence-electron chi connectivity index (χ4n) is 3.25. The van der Waals surface area contributed by atoms with Crippen LogP contribution in [0.4, 0.5) is 5.69 Å². The van der Waals surface area contributed by atoms with Crippen LogP contribution < -0.4 is 10.1 Å². The summed E-state index contributed by atoms with van der Waals surface area (Å²) in [5, 5.41) is 2.91. The summed E-state index contributed by atoms with van der Waals surface area (Å²) in [6.07, 6.45) is 3.78. The molecule has 1 saturated heterocycles. The van der Waals surface area contributed by atoms with Gasteiger partial charge in [0.25, 0.3) is 11.8 Å². The number of thioether (sulfide) groups is 1. The molecule has 0 atom stereocenters. The zero-order chi connectivity index (χ0) is 23.3. The van der Waals surface area contributed by atoms with Gasteiger partial charge in [0.05, 0.1) is 4.91 Å². The predicted octanol–water partition coefficient (Wildman–Crippen LogP) is 6.08. The lowest BCUT2D eigenvalue weighted by Gasteiger charge is -2.13. The summed E-state index contributed by atoms with van der Waals surface area (Å²) in [6, 6.07) is 11.2. The summed E-state index contributed by atoms with van der Waals surface area (Å²) in [7, 11) is 0. The Kier molecular flexibility index (Phi) is 8.51. The van der Waals surface area contributed by atoms with Crippen molar-refractivity contribution in [3.63, 3.8) is 0 Å². The van der Waals surface area contributed by atoms with Crippen LogP contribution in [-0.4, -0.2) is 34.2 Å². The van der Waals surface area contributed by atoms with E-state index in [0.717, 1.165) is 39.7 Å². The largest absolute Gasteiger partial charge is 0.484 e. The molecule has 0 unspecified atom stereocenters. The normalized spacial score (nSPS) is 14.9. The minimum atomic E-state index is -0.224. The number of carbonyl (C=O) groups excluding carboxylic acids is 2. The van der Waals surface area contributed by atoms with Gasteiger partial charge < -0.3 is 10.1 Å². The van der Waals surface area contributed by atoms with Gasteiger partial charge in [0.2, 0.25) is 0 Å². The van der Waals surface area contributed by atoms with Gasteiger partial charge in [-0.05, 0) is 67.3 Å². The molecule has 1 aliphatic heterocycles. The zero-order valence-electron chi connectivity index (χ0n) is 18.2. The molecule has 32 heavy (non-hydrogen) atoms. The molecule has 168 valence electrons. The second-order valence-corrected chi connectivity index (χ2v) is 10.1. The van der Waals surface area contributed by atoms with Gasteiger partial charge in [-0.1, -0.05) is 65.4 Å². The van der Waals surface area contributed by atoms with E-state index in [9.17, 15) is 9.59 Å². The standard InChI is InChI=1S/C24H25BrN2O3S2/c1-4-5-10-27-23(29)20(32-24(27)31)13-17-6-8-19(9-7-17)30-14-21(28)26-22-15(2)11-18(25)12-16(22)3/h6-9,11-13H,4-5,10,14H2,1-3H3,(H,26,28)/b20-13-. The van der Waals surface area contributed by atoms with E-state index < -0.39 is 0 Å². The van der Waals surface area contributed by atoms with Crippen LogP contribution in [-0.2, 0) is 9.59 Å². The number of rotatable bonds is 8. The Morgan fingerprint density at radius 2 is 1.88 bits per heavy atom. The number of aryl methyl sites for hydroxylation is 2. The van der Waals surface area contributed by atoms with Crippen molar-refractivity contribution in [2.45, 2.75) is 33.6 Å². The molecule has 1 heterocycles. The van der Waals surface area contributed by atoms with Crippen molar-refractivity contribution in [3.8, 4) is 5.75 Å². The van der Waals surface area contributed by atoms with E-state index >= 15 is 0 Å². The highest BCUT2D eigenvalue weighted by Gasteiger charge is 2.31. The van der Waals surface area contributed by atoms with E-state index in [1.54, 1.807) is 17.0 Å². The fraction of sp³-hybridized carbons (Fsp3) is 0.292. The molecule has 8 heteroatoms. The summed E-state index contributed by atoms with van der Waals surface area (Å²) in [5.41, 5.74) is 3.64. The van der Waals surface area contributed by atoms with Crippen LogP contribution in [0, 0.1) is 13.8 Å². The number of unbranched alkanes of at least 4 members (excludes halogenated alkanes) is 1. The highest BCUT2D eigenvalue weighted by atomic mass is 79.9. The first-order chi connectivity index (χ1) is 15.3. The number of thiocarbonyl (C=S) groups is 1. The summed E-state index contributed by atoms with van der Waals surface area (Å²) >= 11 is 10.1. The van der Waals surface area contributed by atoms with Crippen molar-refractivity contribution in [1.82, 2.24) is 4.90 Å². The molecule has 0 radical (unpaired) electrons. The third-order valence-electron chi connectivity index (χ3n) is 4.92. The first-order valence-corrected chi connectivity index (χ1v) is 12.3. The molecule has 0 saturated carbocycles. The van der Waals surface area contributed by atoms with Crippen molar-refractivity contribution in [2.24, 2.45) is 0 Å². The Bertz CT molecular complexity index is 1040. The molecule has 1 aliphatic rings. The average Bonchev–Trinajstić information content (AvgIpc) is 3.01. The van der Waals surface area contributed by atoms with Gasteiger partial charge in [-0.2, -0.15) is 0 Å². The van der Waals surface area contributed by atoms with Gasteiger partial charge in [0.15, 0.2) is 6.61 Å². The van der Waals surface area contributed by atoms with Crippen LogP contribution in [0.15, 0.2) is 45.8 Å². The van der Waals surface area contributed by atoms with Crippen molar-refractivity contribution in [2.75, 3.05) is 18.5 Å². The van der Waals surface area contributed by atoms with Gasteiger partial charge in [-0.3, -0.25) is 14.5 Å². The third-order valence-corrected chi connectivity index (χ3v) is 6.75. The molecule has 0 bridgehead atoms. The Balaban J connectivity index is 1.57. The molecule has 1 fully saturated rings. The van der Waals surface area contributed by atoms with Gasteiger partial charge >= 0.3 is 0 Å². The van der Waals surface area contributed by atoms with Crippen molar-refractivity contribution in [1.29, 1.82) is 0 Å². The maximum atomic E-state index is 12.6. The first-order valence-electron chi connectivity index (χ1n) is 10.3. The van der Waals surface area contributed by atoms with Gasteiger partial charge in [-0.15, -0.1) is 0 Å². The topological polar surface area (TPSA) is 58.6 Å². The SMILES string of the molecule is CCCCN1C(=O)/C(=C/c2ccc(OCC(=O)Nc3c(C)cc(Br)cc3C)cc2)SC1=S. The molecular formula is C24H25BrN2O3S2. The van der Waals surface area contributed by atoms with Gasteiger partial charge in [0.1, 0.15) is 10.1 Å². The molecule has 2 aromatic carbocycles. The lowest BCUT2D eigenvalue weighted by molar-refractivity contribution is -0.122. The summed E-state index contributed by atoms with van der Waals surface area (Å²) in [6.45, 7) is 6.55. The molecule has 0 spiro atoms. The van der Waals surface area contributed by atoms with Crippen molar-refractivity contribution >= 4 is 67.8 Å². The number of hydrogen-bond donors (Lipinski definition) is 1. The second-order valence-electron chi connectivity index (χ2n) is 7.51. The minimum Gasteiger partial charge on any atom is -0.484 e. The van der Waals surface area contributed by atoms with Crippen LogP contribution in [0.1, 0.15) is 36.5 Å². The maximum absolute atomic E-state index is 12.6. The third kappa shape index (κ3) is 6.21. The lowest BCUT2D eigenvalue weighted by atomic mass is 10.1. The number of halogens is 1. The number of nitrogens with zero attached hydrogens (tertiary/aromatic N) is 1. The molecule has 2 amide bonds. The number of hydrogen-bond acceptors (Lipinski definition) is 5.